The minimum atomic E-state index is -0.170. The molecule has 0 radical (unpaired) electrons. The molecule has 2 aromatic heterocycles. The average Bonchev–Trinajstić information content (AvgIpc) is 3.47. The van der Waals surface area contributed by atoms with Crippen LogP contribution in [-0.4, -0.2) is 46.4 Å². The zero-order valence-corrected chi connectivity index (χ0v) is 19.9. The lowest BCUT2D eigenvalue weighted by Crippen LogP contribution is -2.38. The number of anilines is 1. The summed E-state index contributed by atoms with van der Waals surface area (Å²) < 4.78 is 14.8. The van der Waals surface area contributed by atoms with Crippen molar-refractivity contribution in [3.05, 3.63) is 48.2 Å². The number of nitrogens with one attached hydrogen (secondary N) is 1. The highest BCUT2D eigenvalue weighted by Crippen LogP contribution is 2.29. The Morgan fingerprint density at radius 3 is 2.71 bits per heavy atom. The standard InChI is InChI=1S/C25H31N5O4/c1-4-34-21-9-8-18(15-22(21)33-3)17-26-23(31)10-11-25(32)29-13-6-14-30-24(29)16-19(27-30)20-7-5-12-28(20)2/h5,7-9,12,15-16H,4,6,10-11,13-14,17H2,1-3H3,(H,26,31). The molecule has 0 fully saturated rings. The van der Waals surface area contributed by atoms with Gasteiger partial charge in [0.2, 0.25) is 11.8 Å². The quantitative estimate of drug-likeness (QED) is 0.524. The van der Waals surface area contributed by atoms with Gasteiger partial charge < -0.3 is 19.4 Å². The molecule has 0 unspecified atom stereocenters. The third kappa shape index (κ3) is 5.08. The molecular formula is C25H31N5O4. The van der Waals surface area contributed by atoms with E-state index in [1.165, 1.54) is 0 Å². The van der Waals surface area contributed by atoms with Crippen LogP contribution in [0.3, 0.4) is 0 Å². The Kier molecular flexibility index (Phi) is 7.20. The van der Waals surface area contributed by atoms with Gasteiger partial charge in [0.15, 0.2) is 11.5 Å². The molecule has 1 N–H and O–H groups in total. The molecule has 34 heavy (non-hydrogen) atoms. The van der Waals surface area contributed by atoms with Crippen molar-refractivity contribution in [3.8, 4) is 22.9 Å². The molecule has 1 aromatic carbocycles. The van der Waals surface area contributed by atoms with E-state index in [4.69, 9.17) is 9.47 Å². The predicted octanol–water partition coefficient (Wildman–Crippen LogP) is 3.13. The van der Waals surface area contributed by atoms with Gasteiger partial charge in [0.1, 0.15) is 11.5 Å². The van der Waals surface area contributed by atoms with Crippen molar-refractivity contribution in [2.75, 3.05) is 25.2 Å². The van der Waals surface area contributed by atoms with Crippen LogP contribution in [0.25, 0.3) is 11.4 Å². The van der Waals surface area contributed by atoms with E-state index in [9.17, 15) is 9.59 Å². The summed E-state index contributed by atoms with van der Waals surface area (Å²) in [7, 11) is 3.56. The van der Waals surface area contributed by atoms with Crippen LogP contribution >= 0.6 is 0 Å². The number of rotatable bonds is 9. The first-order chi connectivity index (χ1) is 16.5. The molecule has 0 atom stereocenters. The Bertz CT molecular complexity index is 1170. The first-order valence-electron chi connectivity index (χ1n) is 11.6. The molecule has 9 nitrogen and oxygen atoms in total. The Morgan fingerprint density at radius 1 is 1.12 bits per heavy atom. The van der Waals surface area contributed by atoms with E-state index in [1.807, 2.05) is 65.8 Å². The van der Waals surface area contributed by atoms with Gasteiger partial charge in [0.05, 0.1) is 19.4 Å². The Morgan fingerprint density at radius 2 is 1.97 bits per heavy atom. The van der Waals surface area contributed by atoms with E-state index < -0.39 is 0 Å². The van der Waals surface area contributed by atoms with Crippen LogP contribution in [0.1, 0.15) is 31.7 Å². The number of hydrogen-bond donors (Lipinski definition) is 1. The van der Waals surface area contributed by atoms with E-state index in [-0.39, 0.29) is 24.7 Å². The zero-order chi connectivity index (χ0) is 24.1. The number of carbonyl (C=O) groups is 2. The predicted molar refractivity (Wildman–Crippen MR) is 129 cm³/mol. The van der Waals surface area contributed by atoms with Crippen molar-refractivity contribution < 1.29 is 19.1 Å². The summed E-state index contributed by atoms with van der Waals surface area (Å²) in [6, 6.07) is 11.5. The SMILES string of the molecule is CCOc1ccc(CNC(=O)CCC(=O)N2CCCn3nc(-c4cccn4C)cc32)cc1OC. The third-order valence-electron chi connectivity index (χ3n) is 5.88. The number of carbonyl (C=O) groups excluding carboxylic acids is 2. The number of methoxy groups -OCH3 is 1. The van der Waals surface area contributed by atoms with E-state index in [0.29, 0.717) is 31.2 Å². The molecule has 0 saturated heterocycles. The molecule has 4 rings (SSSR count). The zero-order valence-electron chi connectivity index (χ0n) is 19.9. The fourth-order valence-electron chi connectivity index (χ4n) is 4.13. The van der Waals surface area contributed by atoms with Crippen LogP contribution in [-0.2, 0) is 29.7 Å². The fraction of sp³-hybridized carbons (Fsp3) is 0.400. The summed E-state index contributed by atoms with van der Waals surface area (Å²) in [4.78, 5) is 27.1. The topological polar surface area (TPSA) is 90.6 Å². The van der Waals surface area contributed by atoms with Crippen molar-refractivity contribution >= 4 is 17.6 Å². The third-order valence-corrected chi connectivity index (χ3v) is 5.88. The molecule has 0 bridgehead atoms. The summed E-state index contributed by atoms with van der Waals surface area (Å²) >= 11 is 0. The Hall–Kier alpha value is -3.75. The first kappa shape index (κ1) is 23.4. The van der Waals surface area contributed by atoms with Crippen LogP contribution in [0.2, 0.25) is 0 Å². The lowest BCUT2D eigenvalue weighted by molar-refractivity contribution is -0.125. The highest BCUT2D eigenvalue weighted by molar-refractivity contribution is 5.95. The van der Waals surface area contributed by atoms with Gasteiger partial charge in [-0.15, -0.1) is 0 Å². The van der Waals surface area contributed by atoms with Gasteiger partial charge in [0.25, 0.3) is 0 Å². The fourth-order valence-corrected chi connectivity index (χ4v) is 4.13. The van der Waals surface area contributed by atoms with Crippen LogP contribution in [0.4, 0.5) is 5.82 Å². The van der Waals surface area contributed by atoms with E-state index in [1.54, 1.807) is 12.0 Å². The van der Waals surface area contributed by atoms with Crippen molar-refractivity contribution in [2.24, 2.45) is 7.05 Å². The number of aromatic nitrogens is 3. The maximum atomic E-state index is 13.0. The van der Waals surface area contributed by atoms with Crippen molar-refractivity contribution in [1.82, 2.24) is 19.7 Å². The van der Waals surface area contributed by atoms with Crippen molar-refractivity contribution in [1.29, 1.82) is 0 Å². The van der Waals surface area contributed by atoms with Crippen LogP contribution in [0.15, 0.2) is 42.6 Å². The van der Waals surface area contributed by atoms with E-state index in [0.717, 1.165) is 35.7 Å². The first-order valence-corrected chi connectivity index (χ1v) is 11.6. The average molecular weight is 466 g/mol. The molecule has 0 aliphatic carbocycles. The summed E-state index contributed by atoms with van der Waals surface area (Å²) in [5.41, 5.74) is 2.73. The summed E-state index contributed by atoms with van der Waals surface area (Å²) in [6.45, 7) is 4.22. The molecule has 1 aliphatic rings. The molecule has 9 heteroatoms. The number of ether oxygens (including phenoxy) is 2. The lowest BCUT2D eigenvalue weighted by Gasteiger charge is -2.27. The normalized spacial score (nSPS) is 12.9. The molecule has 2 amide bonds. The van der Waals surface area contributed by atoms with Gasteiger partial charge in [-0.3, -0.25) is 14.5 Å². The summed E-state index contributed by atoms with van der Waals surface area (Å²) in [5, 5.41) is 7.56. The van der Waals surface area contributed by atoms with Gasteiger partial charge in [-0.2, -0.15) is 5.10 Å². The number of hydrogen-bond acceptors (Lipinski definition) is 5. The largest absolute Gasteiger partial charge is 0.493 e. The van der Waals surface area contributed by atoms with Crippen molar-refractivity contribution in [3.63, 3.8) is 0 Å². The molecule has 3 aromatic rings. The minimum Gasteiger partial charge on any atom is -0.493 e. The molecular weight excluding hydrogens is 434 g/mol. The van der Waals surface area contributed by atoms with Crippen molar-refractivity contribution in [2.45, 2.75) is 39.3 Å². The Labute approximate surface area is 199 Å². The number of benzene rings is 1. The second-order valence-corrected chi connectivity index (χ2v) is 8.21. The van der Waals surface area contributed by atoms with Gasteiger partial charge >= 0.3 is 0 Å². The Balaban J connectivity index is 1.33. The molecule has 180 valence electrons. The molecule has 3 heterocycles. The molecule has 0 spiro atoms. The minimum absolute atomic E-state index is 0.0721. The van der Waals surface area contributed by atoms with Crippen LogP contribution in [0.5, 0.6) is 11.5 Å². The number of amides is 2. The summed E-state index contributed by atoms with van der Waals surface area (Å²) in [5.74, 6) is 1.84. The van der Waals surface area contributed by atoms with Gasteiger partial charge in [-0.05, 0) is 43.2 Å². The van der Waals surface area contributed by atoms with Crippen LogP contribution < -0.4 is 19.7 Å². The second kappa shape index (κ2) is 10.5. The smallest absolute Gasteiger partial charge is 0.228 e. The maximum absolute atomic E-state index is 13.0. The number of fused-ring (bicyclic) bond motifs is 1. The highest BCUT2D eigenvalue weighted by atomic mass is 16.5. The monoisotopic (exact) mass is 465 g/mol. The second-order valence-electron chi connectivity index (χ2n) is 8.21. The maximum Gasteiger partial charge on any atom is 0.228 e. The highest BCUT2D eigenvalue weighted by Gasteiger charge is 2.25. The number of nitrogens with zero attached hydrogens (tertiary/aromatic N) is 4. The van der Waals surface area contributed by atoms with Crippen LogP contribution in [0, 0.1) is 0 Å². The number of aryl methyl sites for hydroxylation is 2. The summed E-state index contributed by atoms with van der Waals surface area (Å²) in [6.07, 6.45) is 3.07. The van der Waals surface area contributed by atoms with Gasteiger partial charge in [-0.25, -0.2) is 4.68 Å². The van der Waals surface area contributed by atoms with Gasteiger partial charge in [-0.1, -0.05) is 6.07 Å². The molecule has 0 saturated carbocycles. The van der Waals surface area contributed by atoms with E-state index in [2.05, 4.69) is 10.4 Å². The van der Waals surface area contributed by atoms with E-state index >= 15 is 0 Å². The molecule has 1 aliphatic heterocycles. The van der Waals surface area contributed by atoms with Gasteiger partial charge in [0, 0.05) is 51.8 Å². The lowest BCUT2D eigenvalue weighted by atomic mass is 10.2.